The van der Waals surface area contributed by atoms with Gasteiger partial charge in [0, 0.05) is 62.9 Å². The zero-order valence-corrected chi connectivity index (χ0v) is 37.7. The maximum Gasteiger partial charge on any atom is 0.373 e. The highest BCUT2D eigenvalue weighted by atomic mass is 16.6. The van der Waals surface area contributed by atoms with Crippen molar-refractivity contribution in [1.82, 2.24) is 9.80 Å². The molecular weight excluding hydrogens is 755 g/mol. The van der Waals surface area contributed by atoms with Crippen LogP contribution in [0, 0.1) is 35.5 Å². The Morgan fingerprint density at radius 1 is 1.05 bits per heavy atom. The van der Waals surface area contributed by atoms with Crippen LogP contribution in [0.25, 0.3) is 0 Å². The number of aliphatic hydroxyl groups excluding tert-OH is 4. The second-order valence-electron chi connectivity index (χ2n) is 16.5. The number of esters is 1. The van der Waals surface area contributed by atoms with Crippen LogP contribution in [0.2, 0.25) is 0 Å². The van der Waals surface area contributed by atoms with Gasteiger partial charge in [0.15, 0.2) is 6.61 Å². The van der Waals surface area contributed by atoms with Gasteiger partial charge in [0.25, 0.3) is 5.91 Å². The van der Waals surface area contributed by atoms with Gasteiger partial charge in [-0.25, -0.2) is 4.79 Å². The molecule has 0 spiro atoms. The fourth-order valence-corrected chi connectivity index (χ4v) is 7.61. The summed E-state index contributed by atoms with van der Waals surface area (Å²) in [7, 11) is 4.87. The zero-order chi connectivity index (χ0) is 44.4. The number of likely N-dealkylation sites (N-methyl/N-ethyl adjacent to an activating group) is 1. The second-order valence-corrected chi connectivity index (χ2v) is 16.5. The Bertz CT molecular complexity index is 1530. The Labute approximate surface area is 353 Å². The minimum atomic E-state index is -1.18. The van der Waals surface area contributed by atoms with E-state index >= 15 is 0 Å². The third-order valence-corrected chi connectivity index (χ3v) is 11.7. The lowest BCUT2D eigenvalue weighted by Crippen LogP contribution is -2.48. The minimum Gasteiger partial charge on any atom is -0.490 e. The number of allylic oxidation sites excluding steroid dienone is 7. The minimum absolute atomic E-state index is 0.0890. The highest BCUT2D eigenvalue weighted by Gasteiger charge is 2.38. The van der Waals surface area contributed by atoms with Crippen molar-refractivity contribution < 1.29 is 49.1 Å². The summed E-state index contributed by atoms with van der Waals surface area (Å²) < 4.78 is 17.6. The molecular formula is C46H75N3O10. The molecule has 1 amide bonds. The average molecular weight is 830 g/mol. The smallest absolute Gasteiger partial charge is 0.373 e. The quantitative estimate of drug-likeness (QED) is 0.0783. The number of carbonyl (C=O) groups excluding carboxylic acids is 2. The van der Waals surface area contributed by atoms with E-state index in [1.165, 1.54) is 14.2 Å². The van der Waals surface area contributed by atoms with Crippen LogP contribution in [-0.4, -0.2) is 138 Å². The Hall–Kier alpha value is -3.59. The van der Waals surface area contributed by atoms with Crippen LogP contribution < -0.4 is 0 Å². The molecule has 0 aromatic heterocycles. The Kier molecular flexibility index (Phi) is 22.6. The van der Waals surface area contributed by atoms with Crippen LogP contribution in [0.5, 0.6) is 0 Å². The molecule has 12 unspecified atom stereocenters. The monoisotopic (exact) mass is 830 g/mol. The Morgan fingerprint density at radius 2 is 1.71 bits per heavy atom. The van der Waals surface area contributed by atoms with Gasteiger partial charge in [0.2, 0.25) is 5.76 Å². The number of rotatable bonds is 14. The summed E-state index contributed by atoms with van der Waals surface area (Å²) in [5, 5.41) is 49.7. The first-order valence-electron chi connectivity index (χ1n) is 21.1. The van der Waals surface area contributed by atoms with E-state index in [9.17, 15) is 30.0 Å². The molecule has 12 atom stereocenters. The summed E-state index contributed by atoms with van der Waals surface area (Å²) in [6, 6.07) is 0. The molecule has 13 heteroatoms. The number of nitrogens with zero attached hydrogens (tertiary/aromatic N) is 3. The van der Waals surface area contributed by atoms with Gasteiger partial charge in [0.1, 0.15) is 12.2 Å². The fourth-order valence-electron chi connectivity index (χ4n) is 7.61. The SMILES string of the molecule is C/C=C/C(O)C(C)/C=C/C(=N/OCC(=O)N1CCN(C)CC1)C(C)C(O)C(C)C1OC(=O)/C(OC)=C/C(C)=C/C(C)C(O)C(CC)C(O)C(C)C/C(C)=C/C=C/C1OC. The van der Waals surface area contributed by atoms with Gasteiger partial charge in [-0.3, -0.25) is 4.79 Å². The predicted octanol–water partition coefficient (Wildman–Crippen LogP) is 5.23. The van der Waals surface area contributed by atoms with Crippen LogP contribution in [0.15, 0.2) is 76.7 Å². The number of oxime groups is 1. The summed E-state index contributed by atoms with van der Waals surface area (Å²) in [4.78, 5) is 36.4. The number of hydrogen-bond acceptors (Lipinski definition) is 12. The largest absolute Gasteiger partial charge is 0.490 e. The Morgan fingerprint density at radius 3 is 2.31 bits per heavy atom. The van der Waals surface area contributed by atoms with Gasteiger partial charge in [-0.1, -0.05) is 100 Å². The van der Waals surface area contributed by atoms with Crippen molar-refractivity contribution in [3.63, 3.8) is 0 Å². The van der Waals surface area contributed by atoms with Crippen LogP contribution in [0.3, 0.4) is 0 Å². The molecule has 0 bridgehead atoms. The summed E-state index contributed by atoms with van der Waals surface area (Å²) >= 11 is 0. The molecule has 0 radical (unpaired) electrons. The molecule has 0 aromatic rings. The first-order chi connectivity index (χ1) is 27.9. The number of cyclic esters (lactones) is 1. The van der Waals surface area contributed by atoms with Crippen molar-refractivity contribution in [2.75, 3.05) is 54.1 Å². The maximum atomic E-state index is 13.9. The molecule has 4 N–H and O–H groups in total. The van der Waals surface area contributed by atoms with Crippen LogP contribution in [-0.2, 0) is 28.6 Å². The molecule has 0 aliphatic carbocycles. The second kappa shape index (κ2) is 25.9. The van der Waals surface area contributed by atoms with E-state index in [0.717, 1.165) is 18.7 Å². The third-order valence-electron chi connectivity index (χ3n) is 11.7. The lowest BCUT2D eigenvalue weighted by Gasteiger charge is -2.34. The number of piperazine rings is 1. The van der Waals surface area contributed by atoms with E-state index in [1.54, 1.807) is 62.1 Å². The van der Waals surface area contributed by atoms with Gasteiger partial charge < -0.3 is 49.3 Å². The van der Waals surface area contributed by atoms with Crippen molar-refractivity contribution in [2.24, 2.45) is 40.7 Å². The van der Waals surface area contributed by atoms with Gasteiger partial charge in [0.05, 0.1) is 37.2 Å². The van der Waals surface area contributed by atoms with Crippen molar-refractivity contribution in [2.45, 2.75) is 112 Å². The Balaban J connectivity index is 2.59. The molecule has 59 heavy (non-hydrogen) atoms. The summed E-state index contributed by atoms with van der Waals surface area (Å²) in [5.74, 6) is -3.69. The summed E-state index contributed by atoms with van der Waals surface area (Å²) in [6.07, 6.45) is 11.5. The van der Waals surface area contributed by atoms with E-state index in [0.29, 0.717) is 37.2 Å². The highest BCUT2D eigenvalue weighted by Crippen LogP contribution is 2.30. The number of hydrogen-bond donors (Lipinski definition) is 4. The van der Waals surface area contributed by atoms with Crippen molar-refractivity contribution in [1.29, 1.82) is 0 Å². The summed E-state index contributed by atoms with van der Waals surface area (Å²) in [5.41, 5.74) is 1.96. The molecule has 0 aromatic carbocycles. The number of methoxy groups -OCH3 is 2. The van der Waals surface area contributed by atoms with Crippen LogP contribution in [0.4, 0.5) is 0 Å². The fraction of sp³-hybridized carbons (Fsp3) is 0.674. The van der Waals surface area contributed by atoms with Crippen molar-refractivity contribution in [3.05, 3.63) is 71.6 Å². The van der Waals surface area contributed by atoms with Crippen molar-refractivity contribution >= 4 is 17.6 Å². The van der Waals surface area contributed by atoms with Gasteiger partial charge in [-0.05, 0) is 58.7 Å². The predicted molar refractivity (Wildman–Crippen MR) is 232 cm³/mol. The third kappa shape index (κ3) is 16.1. The number of carbonyl (C=O) groups is 2. The molecule has 13 nitrogen and oxygen atoms in total. The molecule has 2 rings (SSSR count). The molecule has 2 aliphatic heterocycles. The molecule has 334 valence electrons. The topological polar surface area (TPSA) is 171 Å². The van der Waals surface area contributed by atoms with E-state index in [-0.39, 0.29) is 41.9 Å². The van der Waals surface area contributed by atoms with Gasteiger partial charge in [-0.15, -0.1) is 0 Å². The number of amides is 1. The van der Waals surface area contributed by atoms with E-state index in [4.69, 9.17) is 19.0 Å². The first kappa shape index (κ1) is 51.6. The van der Waals surface area contributed by atoms with E-state index in [1.807, 2.05) is 66.8 Å². The van der Waals surface area contributed by atoms with Crippen LogP contribution >= 0.6 is 0 Å². The number of aliphatic hydroxyl groups is 4. The van der Waals surface area contributed by atoms with Crippen LogP contribution in [0.1, 0.15) is 75.2 Å². The average Bonchev–Trinajstić information content (AvgIpc) is 3.20. The standard InChI is InChI=1S/C46H75N3O10/c1-13-16-38(50)31(5)19-20-37(47-58-28-41(51)49-23-21-48(10)22-24-49)34(8)44(54)35(9)45-39(56-11)18-15-17-29(3)25-32(6)42(52)36(14-2)43(53)33(7)26-30(4)27-40(57-12)46(55)59-45/h13,15-20,26-27,31-36,38-39,42-45,50,52-54H,14,21-25,28H2,1-12H3/b16-13+,18-15+,20-19+,29-17+,30-26+,40-27-,47-37-. The van der Waals surface area contributed by atoms with Crippen molar-refractivity contribution in [3.8, 4) is 0 Å². The molecule has 2 heterocycles. The van der Waals surface area contributed by atoms with E-state index < -0.39 is 54.4 Å². The van der Waals surface area contributed by atoms with Gasteiger partial charge >= 0.3 is 5.97 Å². The lowest BCUT2D eigenvalue weighted by molar-refractivity contribution is -0.161. The molecule has 1 saturated heterocycles. The first-order valence-corrected chi connectivity index (χ1v) is 21.1. The lowest BCUT2D eigenvalue weighted by atomic mass is 9.79. The molecule has 1 fully saturated rings. The van der Waals surface area contributed by atoms with Gasteiger partial charge in [-0.2, -0.15) is 0 Å². The highest BCUT2D eigenvalue weighted by molar-refractivity contribution is 5.96. The van der Waals surface area contributed by atoms with E-state index in [2.05, 4.69) is 10.1 Å². The summed E-state index contributed by atoms with van der Waals surface area (Å²) in [6.45, 7) is 19.2. The number of ether oxygens (including phenoxy) is 3. The maximum absolute atomic E-state index is 13.9. The molecule has 0 saturated carbocycles. The molecule has 2 aliphatic rings. The zero-order valence-electron chi connectivity index (χ0n) is 37.7. The normalized spacial score (nSPS) is 32.2.